The highest BCUT2D eigenvalue weighted by molar-refractivity contribution is 6.64. The minimum atomic E-state index is -0.335. The standard InChI is InChI=1S/C9H12Cl2O2/c1-9(2)5(4-7(10)12)3-6(9)8(11)13/h5-6H,3-4H2,1-2H3. The predicted molar refractivity (Wildman–Crippen MR) is 51.7 cm³/mol. The molecule has 0 aromatic heterocycles. The molecule has 0 spiro atoms. The lowest BCUT2D eigenvalue weighted by Gasteiger charge is -2.50. The van der Waals surface area contributed by atoms with Crippen LogP contribution in [0.5, 0.6) is 0 Å². The minimum absolute atomic E-state index is 0.116. The highest BCUT2D eigenvalue weighted by atomic mass is 35.5. The molecule has 4 heteroatoms. The molecule has 1 saturated carbocycles. The maximum atomic E-state index is 10.9. The zero-order valence-electron chi connectivity index (χ0n) is 7.64. The number of hydrogen-bond donors (Lipinski definition) is 0. The molecule has 0 N–H and O–H groups in total. The first-order valence-corrected chi connectivity index (χ1v) is 4.99. The monoisotopic (exact) mass is 222 g/mol. The second-order valence-corrected chi connectivity index (χ2v) is 4.96. The lowest BCUT2D eigenvalue weighted by Crippen LogP contribution is -2.48. The van der Waals surface area contributed by atoms with Crippen molar-refractivity contribution in [1.82, 2.24) is 0 Å². The zero-order chi connectivity index (χ0) is 10.2. The molecule has 1 fully saturated rings. The Labute approximate surface area is 87.6 Å². The van der Waals surface area contributed by atoms with E-state index in [4.69, 9.17) is 23.2 Å². The Kier molecular flexibility index (Phi) is 3.03. The summed E-state index contributed by atoms with van der Waals surface area (Å²) in [5.41, 5.74) is -0.177. The summed E-state index contributed by atoms with van der Waals surface area (Å²) in [5.74, 6) is 0.0837. The number of halogens is 2. The molecule has 0 radical (unpaired) electrons. The van der Waals surface area contributed by atoms with Gasteiger partial charge in [-0.2, -0.15) is 0 Å². The zero-order valence-corrected chi connectivity index (χ0v) is 9.15. The van der Waals surface area contributed by atoms with E-state index in [1.807, 2.05) is 13.8 Å². The smallest absolute Gasteiger partial charge is 0.225 e. The van der Waals surface area contributed by atoms with Gasteiger partial charge in [-0.3, -0.25) is 9.59 Å². The van der Waals surface area contributed by atoms with E-state index in [-0.39, 0.29) is 27.7 Å². The van der Waals surface area contributed by atoms with Crippen molar-refractivity contribution in [3.63, 3.8) is 0 Å². The van der Waals surface area contributed by atoms with Crippen LogP contribution in [0.25, 0.3) is 0 Å². The van der Waals surface area contributed by atoms with E-state index >= 15 is 0 Å². The molecule has 74 valence electrons. The maximum Gasteiger partial charge on any atom is 0.225 e. The van der Waals surface area contributed by atoms with Crippen molar-refractivity contribution < 1.29 is 9.59 Å². The van der Waals surface area contributed by atoms with Crippen molar-refractivity contribution in [3.05, 3.63) is 0 Å². The van der Waals surface area contributed by atoms with Gasteiger partial charge in [0.15, 0.2) is 0 Å². The third-order valence-electron chi connectivity index (χ3n) is 3.15. The van der Waals surface area contributed by atoms with Crippen molar-refractivity contribution >= 4 is 33.7 Å². The summed E-state index contributed by atoms with van der Waals surface area (Å²) >= 11 is 10.7. The van der Waals surface area contributed by atoms with E-state index < -0.39 is 0 Å². The van der Waals surface area contributed by atoms with E-state index in [2.05, 4.69) is 0 Å². The molecule has 0 bridgehead atoms. The Hall–Kier alpha value is -0.0800. The highest BCUT2D eigenvalue weighted by Gasteiger charge is 2.51. The third kappa shape index (κ3) is 2.05. The van der Waals surface area contributed by atoms with Gasteiger partial charge in [-0.1, -0.05) is 13.8 Å². The Morgan fingerprint density at radius 1 is 1.38 bits per heavy atom. The Balaban J connectivity index is 2.59. The highest BCUT2D eigenvalue weighted by Crippen LogP contribution is 2.53. The number of carbonyl (C=O) groups excluding carboxylic acids is 2. The number of hydrogen-bond acceptors (Lipinski definition) is 2. The van der Waals surface area contributed by atoms with Gasteiger partial charge in [0.1, 0.15) is 0 Å². The van der Waals surface area contributed by atoms with Crippen molar-refractivity contribution in [2.75, 3.05) is 0 Å². The normalized spacial score (nSPS) is 30.8. The van der Waals surface area contributed by atoms with Crippen LogP contribution in [-0.2, 0) is 9.59 Å². The van der Waals surface area contributed by atoms with E-state index in [0.717, 1.165) is 0 Å². The molecule has 1 rings (SSSR count). The first-order chi connectivity index (χ1) is 5.85. The van der Waals surface area contributed by atoms with Crippen LogP contribution < -0.4 is 0 Å². The van der Waals surface area contributed by atoms with Crippen LogP contribution in [0.4, 0.5) is 0 Å². The quantitative estimate of drug-likeness (QED) is 0.689. The van der Waals surface area contributed by atoms with Gasteiger partial charge in [0.25, 0.3) is 0 Å². The Bertz CT molecular complexity index is 248. The number of carbonyl (C=O) groups is 2. The van der Waals surface area contributed by atoms with Gasteiger partial charge in [-0.05, 0) is 41.0 Å². The van der Waals surface area contributed by atoms with Crippen LogP contribution in [0.1, 0.15) is 26.7 Å². The fourth-order valence-electron chi connectivity index (χ4n) is 1.94. The fourth-order valence-corrected chi connectivity index (χ4v) is 2.50. The second kappa shape index (κ2) is 3.58. The molecule has 1 aliphatic carbocycles. The molecule has 0 aliphatic heterocycles. The molecular weight excluding hydrogens is 211 g/mol. The van der Waals surface area contributed by atoms with Gasteiger partial charge >= 0.3 is 0 Å². The molecule has 0 amide bonds. The summed E-state index contributed by atoms with van der Waals surface area (Å²) in [6.07, 6.45) is 1.03. The molecule has 0 saturated heterocycles. The van der Waals surface area contributed by atoms with E-state index in [0.29, 0.717) is 12.8 Å². The number of rotatable bonds is 3. The molecule has 2 unspecified atom stereocenters. The van der Waals surface area contributed by atoms with Gasteiger partial charge in [-0.25, -0.2) is 0 Å². The van der Waals surface area contributed by atoms with Crippen molar-refractivity contribution in [1.29, 1.82) is 0 Å². The van der Waals surface area contributed by atoms with Gasteiger partial charge < -0.3 is 0 Å². The van der Waals surface area contributed by atoms with Gasteiger partial charge in [0.05, 0.1) is 0 Å². The summed E-state index contributed by atoms with van der Waals surface area (Å²) in [6.45, 7) is 3.90. The Morgan fingerprint density at radius 3 is 2.23 bits per heavy atom. The first kappa shape index (κ1) is 11.0. The fraction of sp³-hybridized carbons (Fsp3) is 0.778. The molecule has 2 nitrogen and oxygen atoms in total. The molecule has 2 atom stereocenters. The van der Waals surface area contributed by atoms with Crippen molar-refractivity contribution in [2.45, 2.75) is 26.7 Å². The average molecular weight is 223 g/mol. The molecule has 0 heterocycles. The average Bonchev–Trinajstić information content (AvgIpc) is 1.96. The van der Waals surface area contributed by atoms with Gasteiger partial charge in [0.2, 0.25) is 10.5 Å². The van der Waals surface area contributed by atoms with Gasteiger partial charge in [-0.15, -0.1) is 0 Å². The van der Waals surface area contributed by atoms with Gasteiger partial charge in [0, 0.05) is 12.3 Å². The molecular formula is C9H12Cl2O2. The topological polar surface area (TPSA) is 34.1 Å². The van der Waals surface area contributed by atoms with Crippen LogP contribution in [-0.4, -0.2) is 10.5 Å². The largest absolute Gasteiger partial charge is 0.281 e. The third-order valence-corrected chi connectivity index (χ3v) is 3.57. The summed E-state index contributed by atoms with van der Waals surface area (Å²) < 4.78 is 0. The van der Waals surface area contributed by atoms with Crippen LogP contribution in [0, 0.1) is 17.3 Å². The second-order valence-electron chi connectivity index (χ2n) is 4.17. The van der Waals surface area contributed by atoms with Crippen molar-refractivity contribution in [2.24, 2.45) is 17.3 Å². The summed E-state index contributed by atoms with van der Waals surface area (Å²) in [5, 5.41) is -0.637. The van der Waals surface area contributed by atoms with Crippen LogP contribution in [0.3, 0.4) is 0 Å². The predicted octanol–water partition coefficient (Wildman–Crippen LogP) is 2.57. The molecule has 0 aromatic carbocycles. The summed E-state index contributed by atoms with van der Waals surface area (Å²) in [4.78, 5) is 21.6. The lowest BCUT2D eigenvalue weighted by molar-refractivity contribution is -0.133. The van der Waals surface area contributed by atoms with Crippen LogP contribution >= 0.6 is 23.2 Å². The van der Waals surface area contributed by atoms with Crippen LogP contribution in [0.15, 0.2) is 0 Å². The molecule has 0 aromatic rings. The summed E-state index contributed by atoms with van der Waals surface area (Å²) in [6, 6.07) is 0. The minimum Gasteiger partial charge on any atom is -0.281 e. The van der Waals surface area contributed by atoms with Crippen molar-refractivity contribution in [3.8, 4) is 0 Å². The van der Waals surface area contributed by atoms with E-state index in [1.165, 1.54) is 0 Å². The Morgan fingerprint density at radius 2 is 1.92 bits per heavy atom. The SMILES string of the molecule is CC1(C)C(CC(=O)Cl)CC1C(=O)Cl. The maximum absolute atomic E-state index is 10.9. The van der Waals surface area contributed by atoms with Crippen LogP contribution in [0.2, 0.25) is 0 Å². The van der Waals surface area contributed by atoms with E-state index in [1.54, 1.807) is 0 Å². The first-order valence-electron chi connectivity index (χ1n) is 4.23. The summed E-state index contributed by atoms with van der Waals surface area (Å²) in [7, 11) is 0. The molecule has 1 aliphatic rings. The lowest BCUT2D eigenvalue weighted by atomic mass is 9.54. The molecule has 13 heavy (non-hydrogen) atoms. The van der Waals surface area contributed by atoms with E-state index in [9.17, 15) is 9.59 Å².